The largest absolute Gasteiger partial charge is 0.459 e. The smallest absolute Gasteiger partial charge is 0.289 e. The molecule has 1 aliphatic heterocycles. The van der Waals surface area contributed by atoms with Crippen LogP contribution in [0.15, 0.2) is 41.1 Å². The van der Waals surface area contributed by atoms with Gasteiger partial charge < -0.3 is 19.5 Å². The molecule has 1 atom stereocenters. The van der Waals surface area contributed by atoms with E-state index in [1.54, 1.807) is 43.4 Å². The molecule has 3 amide bonds. The maximum atomic E-state index is 12.7. The van der Waals surface area contributed by atoms with Crippen molar-refractivity contribution in [3.63, 3.8) is 0 Å². The van der Waals surface area contributed by atoms with E-state index in [1.165, 1.54) is 11.2 Å². The van der Waals surface area contributed by atoms with Crippen molar-refractivity contribution in [2.24, 2.45) is 0 Å². The standard InChI is InChI=1S/C18H20N4O4/c1-21(2)15(23)9-20-17(24)13-11-22(18(25)14-6-4-8-26-14)10-12-5-3-7-19-16(12)13/h3-8,13H,9-11H2,1-2H3,(H,20,24). The number of furan rings is 1. The molecule has 8 nitrogen and oxygen atoms in total. The summed E-state index contributed by atoms with van der Waals surface area (Å²) in [4.78, 5) is 44.3. The lowest BCUT2D eigenvalue weighted by atomic mass is 9.93. The number of rotatable bonds is 4. The van der Waals surface area contributed by atoms with Crippen molar-refractivity contribution in [1.82, 2.24) is 20.1 Å². The average Bonchev–Trinajstić information content (AvgIpc) is 3.18. The Morgan fingerprint density at radius 3 is 2.81 bits per heavy atom. The van der Waals surface area contributed by atoms with Gasteiger partial charge in [0.25, 0.3) is 5.91 Å². The van der Waals surface area contributed by atoms with Crippen molar-refractivity contribution >= 4 is 17.7 Å². The molecule has 26 heavy (non-hydrogen) atoms. The van der Waals surface area contributed by atoms with Gasteiger partial charge in [-0.3, -0.25) is 19.4 Å². The molecule has 2 aromatic rings. The fourth-order valence-corrected chi connectivity index (χ4v) is 2.84. The highest BCUT2D eigenvalue weighted by Crippen LogP contribution is 2.27. The predicted octanol–water partition coefficient (Wildman–Crippen LogP) is 0.619. The van der Waals surface area contributed by atoms with Crippen LogP contribution in [0.3, 0.4) is 0 Å². The second-order valence-corrected chi connectivity index (χ2v) is 6.27. The molecule has 8 heteroatoms. The fourth-order valence-electron chi connectivity index (χ4n) is 2.84. The predicted molar refractivity (Wildman–Crippen MR) is 92.1 cm³/mol. The van der Waals surface area contributed by atoms with Gasteiger partial charge in [0.15, 0.2) is 5.76 Å². The van der Waals surface area contributed by atoms with E-state index in [4.69, 9.17) is 4.42 Å². The molecule has 1 aliphatic rings. The minimum Gasteiger partial charge on any atom is -0.459 e. The maximum Gasteiger partial charge on any atom is 0.289 e. The Hall–Kier alpha value is -3.16. The second kappa shape index (κ2) is 7.38. The van der Waals surface area contributed by atoms with Crippen LogP contribution < -0.4 is 5.32 Å². The van der Waals surface area contributed by atoms with E-state index >= 15 is 0 Å². The third kappa shape index (κ3) is 3.58. The zero-order chi connectivity index (χ0) is 18.7. The van der Waals surface area contributed by atoms with Crippen LogP contribution in [0.4, 0.5) is 0 Å². The fraction of sp³-hybridized carbons (Fsp3) is 0.333. The van der Waals surface area contributed by atoms with E-state index < -0.39 is 5.92 Å². The Labute approximate surface area is 150 Å². The van der Waals surface area contributed by atoms with Crippen molar-refractivity contribution in [2.45, 2.75) is 12.5 Å². The highest BCUT2D eigenvalue weighted by molar-refractivity contribution is 5.93. The molecule has 0 saturated heterocycles. The lowest BCUT2D eigenvalue weighted by Gasteiger charge is -2.32. The lowest BCUT2D eigenvalue weighted by Crippen LogP contribution is -2.46. The Morgan fingerprint density at radius 2 is 2.12 bits per heavy atom. The summed E-state index contributed by atoms with van der Waals surface area (Å²) < 4.78 is 5.18. The Bertz CT molecular complexity index is 816. The van der Waals surface area contributed by atoms with Crippen LogP contribution in [-0.2, 0) is 16.1 Å². The van der Waals surface area contributed by atoms with Crippen LogP contribution in [0.5, 0.6) is 0 Å². The summed E-state index contributed by atoms with van der Waals surface area (Å²) in [5.74, 6) is -1.25. The zero-order valence-electron chi connectivity index (χ0n) is 14.6. The van der Waals surface area contributed by atoms with Crippen LogP contribution in [0.2, 0.25) is 0 Å². The van der Waals surface area contributed by atoms with Crippen molar-refractivity contribution in [1.29, 1.82) is 0 Å². The van der Waals surface area contributed by atoms with Crippen LogP contribution in [0.25, 0.3) is 0 Å². The zero-order valence-corrected chi connectivity index (χ0v) is 14.6. The van der Waals surface area contributed by atoms with Gasteiger partial charge in [0.05, 0.1) is 24.4 Å². The summed E-state index contributed by atoms with van der Waals surface area (Å²) in [6, 6.07) is 6.84. The van der Waals surface area contributed by atoms with Crippen LogP contribution in [0.1, 0.15) is 27.7 Å². The van der Waals surface area contributed by atoms with E-state index in [9.17, 15) is 14.4 Å². The monoisotopic (exact) mass is 356 g/mol. The topological polar surface area (TPSA) is 95.8 Å². The Kier molecular flexibility index (Phi) is 5.01. The van der Waals surface area contributed by atoms with Crippen molar-refractivity contribution < 1.29 is 18.8 Å². The Balaban J connectivity index is 1.80. The van der Waals surface area contributed by atoms with Crippen LogP contribution >= 0.6 is 0 Å². The van der Waals surface area contributed by atoms with Crippen LogP contribution in [-0.4, -0.2) is 59.7 Å². The number of pyridine rings is 1. The normalized spacial score (nSPS) is 15.9. The lowest BCUT2D eigenvalue weighted by molar-refractivity contribution is -0.131. The molecule has 136 valence electrons. The summed E-state index contributed by atoms with van der Waals surface area (Å²) in [6.07, 6.45) is 3.05. The highest BCUT2D eigenvalue weighted by Gasteiger charge is 2.34. The van der Waals surface area contributed by atoms with Gasteiger partial charge in [-0.1, -0.05) is 6.07 Å². The number of fused-ring (bicyclic) bond motifs is 1. The number of amides is 3. The first kappa shape index (κ1) is 17.7. The minimum absolute atomic E-state index is 0.101. The van der Waals surface area contributed by atoms with Crippen molar-refractivity contribution in [3.05, 3.63) is 53.7 Å². The molecule has 0 bridgehead atoms. The van der Waals surface area contributed by atoms with Crippen molar-refractivity contribution in [3.8, 4) is 0 Å². The van der Waals surface area contributed by atoms with Gasteiger partial charge in [-0.05, 0) is 23.8 Å². The van der Waals surface area contributed by atoms with Gasteiger partial charge in [-0.25, -0.2) is 0 Å². The van der Waals surface area contributed by atoms with Gasteiger partial charge in [0.1, 0.15) is 0 Å². The number of likely N-dealkylation sites (N-methyl/N-ethyl adjacent to an activating group) is 1. The number of carbonyl (C=O) groups excluding carboxylic acids is 3. The molecule has 0 aromatic carbocycles. The molecule has 3 heterocycles. The third-order valence-corrected chi connectivity index (χ3v) is 4.27. The molecule has 0 spiro atoms. The molecule has 0 saturated carbocycles. The van der Waals surface area contributed by atoms with Crippen molar-refractivity contribution in [2.75, 3.05) is 27.2 Å². The van der Waals surface area contributed by atoms with E-state index in [0.717, 1.165) is 5.56 Å². The van der Waals surface area contributed by atoms with Gasteiger partial charge >= 0.3 is 0 Å². The van der Waals surface area contributed by atoms with Gasteiger partial charge in [0, 0.05) is 33.4 Å². The van der Waals surface area contributed by atoms with E-state index in [0.29, 0.717) is 12.2 Å². The quantitative estimate of drug-likeness (QED) is 0.866. The van der Waals surface area contributed by atoms with E-state index in [1.807, 2.05) is 6.07 Å². The Morgan fingerprint density at radius 1 is 1.31 bits per heavy atom. The number of hydrogen-bond donors (Lipinski definition) is 1. The van der Waals surface area contributed by atoms with Crippen LogP contribution in [0, 0.1) is 0 Å². The van der Waals surface area contributed by atoms with E-state index in [2.05, 4.69) is 10.3 Å². The summed E-state index contributed by atoms with van der Waals surface area (Å²) >= 11 is 0. The number of hydrogen-bond acceptors (Lipinski definition) is 5. The van der Waals surface area contributed by atoms with E-state index in [-0.39, 0.29) is 36.6 Å². The molecule has 1 unspecified atom stereocenters. The molecule has 0 radical (unpaired) electrons. The van der Waals surface area contributed by atoms with Gasteiger partial charge in [-0.2, -0.15) is 0 Å². The number of aromatic nitrogens is 1. The third-order valence-electron chi connectivity index (χ3n) is 4.27. The minimum atomic E-state index is -0.645. The molecule has 0 fully saturated rings. The first-order valence-electron chi connectivity index (χ1n) is 8.22. The number of carbonyl (C=O) groups is 3. The average molecular weight is 356 g/mol. The van der Waals surface area contributed by atoms with Gasteiger partial charge in [0.2, 0.25) is 11.8 Å². The molecule has 1 N–H and O–H groups in total. The molecule has 0 aliphatic carbocycles. The molecule has 2 aromatic heterocycles. The second-order valence-electron chi connectivity index (χ2n) is 6.27. The molecule has 3 rings (SSSR count). The maximum absolute atomic E-state index is 12.7. The molecular weight excluding hydrogens is 336 g/mol. The summed E-state index contributed by atoms with van der Waals surface area (Å²) in [6.45, 7) is 0.422. The first-order chi connectivity index (χ1) is 12.5. The summed E-state index contributed by atoms with van der Waals surface area (Å²) in [5, 5.41) is 2.64. The SMILES string of the molecule is CN(C)C(=O)CNC(=O)C1CN(C(=O)c2ccco2)Cc2cccnc21. The van der Waals surface area contributed by atoms with Gasteiger partial charge in [-0.15, -0.1) is 0 Å². The first-order valence-corrected chi connectivity index (χ1v) is 8.22. The molecular formula is C18H20N4O4. The summed E-state index contributed by atoms with van der Waals surface area (Å²) in [7, 11) is 3.24. The number of nitrogens with one attached hydrogen (secondary N) is 1. The highest BCUT2D eigenvalue weighted by atomic mass is 16.3. The number of nitrogens with zero attached hydrogens (tertiary/aromatic N) is 3. The summed E-state index contributed by atoms with van der Waals surface area (Å²) in [5.41, 5.74) is 1.43.